The molecule has 0 aliphatic heterocycles. The molecule has 1 nitrogen and oxygen atoms in total. The van der Waals surface area contributed by atoms with Crippen molar-refractivity contribution in [2.45, 2.75) is 0 Å². The van der Waals surface area contributed by atoms with E-state index >= 15 is 0 Å². The van der Waals surface area contributed by atoms with Gasteiger partial charge in [0.2, 0.25) is 0 Å². The smallest absolute Gasteiger partial charge is 1.00 e. The third kappa shape index (κ3) is 11.2. The molecule has 0 N–H and O–H groups in total. The van der Waals surface area contributed by atoms with Crippen LogP contribution in [0.15, 0.2) is 0 Å². The zero-order valence-corrected chi connectivity index (χ0v) is 9.01. The van der Waals surface area contributed by atoms with E-state index in [2.05, 4.69) is 21.1 Å². The summed E-state index contributed by atoms with van der Waals surface area (Å²) in [5, 5.41) is 0. The Morgan fingerprint density at radius 1 is 1.29 bits per heavy atom. The van der Waals surface area contributed by atoms with Crippen molar-refractivity contribution in [2.24, 2.45) is 0 Å². The minimum Gasteiger partial charge on any atom is -1.00 e. The molecule has 0 aromatic heterocycles. The molecule has 0 amide bonds. The quantitative estimate of drug-likeness (QED) is 0.461. The van der Waals surface area contributed by atoms with Crippen LogP contribution in [-0.4, -0.2) is 24.0 Å². The topological polar surface area (TPSA) is 0 Å². The Morgan fingerprint density at radius 3 is 1.43 bits per heavy atom. The van der Waals surface area contributed by atoms with E-state index in [1.54, 1.807) is 0 Å². The third-order valence-corrected chi connectivity index (χ3v) is 3.75. The summed E-state index contributed by atoms with van der Waals surface area (Å²) < 4.78 is 0.932. The monoisotopic (exact) mass is 370 g/mol. The fraction of sp³-hybridized carbons (Fsp3) is 1.00. The van der Waals surface area contributed by atoms with Crippen LogP contribution in [0.3, 0.4) is 0 Å². The molecule has 51 valence electrons. The van der Waals surface area contributed by atoms with E-state index in [0.29, 0.717) is 0 Å². The largest absolute Gasteiger partial charge is 1.00 e. The Balaban J connectivity index is 0. The number of halogens is 2. The molecule has 7 heavy (non-hydrogen) atoms. The van der Waals surface area contributed by atoms with Crippen LogP contribution in [-0.2, 0) is 18.9 Å². The standard InChI is InChI=1S/C3H9N.Au.BrH.ClH/c1-4(2)3;;;/h1-3H3;;2*1H/q;+2;;/p-2. The molecule has 0 rings (SSSR count). The van der Waals surface area contributed by atoms with E-state index in [1.165, 1.54) is 0 Å². The predicted molar refractivity (Wildman–Crippen MR) is 23.9 cm³/mol. The van der Waals surface area contributed by atoms with Crippen LogP contribution in [0.4, 0.5) is 0 Å². The predicted octanol–water partition coefficient (Wildman–Crippen LogP) is -2.15. The van der Waals surface area contributed by atoms with Crippen LogP contribution < -0.4 is 17.0 Å². The van der Waals surface area contributed by atoms with Crippen molar-refractivity contribution in [3.05, 3.63) is 0 Å². The minimum absolute atomic E-state index is 0. The van der Waals surface area contributed by atoms with Crippen LogP contribution in [0, 0.1) is 0 Å². The number of nitrogens with zero attached hydrogens (tertiary/aromatic N) is 1. The van der Waals surface area contributed by atoms with Gasteiger partial charge in [-0.2, -0.15) is 0 Å². The van der Waals surface area contributed by atoms with Gasteiger partial charge in [-0.05, 0) is 0 Å². The van der Waals surface area contributed by atoms with Gasteiger partial charge < -0.3 is 17.0 Å². The normalized spacial score (nSPS) is 10.9. The van der Waals surface area contributed by atoms with Crippen molar-refractivity contribution in [1.82, 2.24) is 0 Å². The molecule has 0 aliphatic carbocycles. The first-order valence-electron chi connectivity index (χ1n) is 1.59. The van der Waals surface area contributed by atoms with E-state index in [9.17, 15) is 0 Å². The molecule has 0 heterocycles. The van der Waals surface area contributed by atoms with Crippen molar-refractivity contribution >= 4 is 9.19 Å². The summed E-state index contributed by atoms with van der Waals surface area (Å²) in [5.74, 6) is 0. The van der Waals surface area contributed by atoms with Crippen LogP contribution >= 0.6 is 9.19 Å². The van der Waals surface area contributed by atoms with Crippen LogP contribution in [0.25, 0.3) is 0 Å². The van der Waals surface area contributed by atoms with Crippen LogP contribution in [0.2, 0.25) is 0 Å². The Labute approximate surface area is 68.9 Å². The van der Waals surface area contributed by atoms with Gasteiger partial charge in [-0.25, -0.2) is 0 Å². The average molecular weight is 371 g/mol. The molecule has 0 aromatic rings. The summed E-state index contributed by atoms with van der Waals surface area (Å²) in [6.45, 7) is 0. The first-order chi connectivity index (χ1) is 2.56. The Bertz CT molecular complexity index is 44.7. The average Bonchev–Trinajstić information content (AvgIpc) is 1.35. The summed E-state index contributed by atoms with van der Waals surface area (Å²) in [7, 11) is 11.8. The second-order valence-electron chi connectivity index (χ2n) is 1.80. The minimum atomic E-state index is -0.0324. The Hall–Kier alpha value is 1.47. The fourth-order valence-corrected chi connectivity index (χ4v) is 0. The molecule has 0 bridgehead atoms. The van der Waals surface area contributed by atoms with E-state index in [4.69, 9.17) is 9.19 Å². The second kappa shape index (κ2) is 4.36. The van der Waals surface area contributed by atoms with Gasteiger partial charge in [0, 0.05) is 0 Å². The first kappa shape index (κ1) is 11.3. The number of hydrogen-bond donors (Lipinski definition) is 0. The fourth-order valence-electron chi connectivity index (χ4n) is 0. The molecule has 0 aliphatic rings. The van der Waals surface area contributed by atoms with Crippen molar-refractivity contribution in [1.29, 1.82) is 0 Å². The molecule has 0 radical (unpaired) electrons. The summed E-state index contributed by atoms with van der Waals surface area (Å²) in [6.07, 6.45) is 0. The molecule has 0 spiro atoms. The maximum absolute atomic E-state index is 5.55. The molecule has 4 heteroatoms. The van der Waals surface area contributed by atoms with Gasteiger partial charge in [-0.15, -0.1) is 0 Å². The molecular weight excluding hydrogens is 362 g/mol. The number of quaternary nitrogens is 1. The van der Waals surface area contributed by atoms with E-state index < -0.39 is 0 Å². The third-order valence-electron chi connectivity index (χ3n) is 0.153. The summed E-state index contributed by atoms with van der Waals surface area (Å²) >= 11 is -0.0324. The zero-order valence-electron chi connectivity index (χ0n) is 4.50. The van der Waals surface area contributed by atoms with Crippen molar-refractivity contribution in [3.8, 4) is 0 Å². The molecule has 0 aromatic carbocycles. The van der Waals surface area contributed by atoms with Gasteiger partial charge in [-0.1, -0.05) is 0 Å². The molecule has 0 atom stereocenters. The Kier molecular flexibility index (Phi) is 7.03. The van der Waals surface area contributed by atoms with Crippen molar-refractivity contribution in [3.63, 3.8) is 0 Å². The van der Waals surface area contributed by atoms with Crippen molar-refractivity contribution in [2.75, 3.05) is 21.1 Å². The molecule has 0 unspecified atom stereocenters. The van der Waals surface area contributed by atoms with Gasteiger partial charge in [0.15, 0.2) is 0 Å². The molecule has 0 saturated carbocycles. The van der Waals surface area contributed by atoms with Crippen LogP contribution in [0.1, 0.15) is 0 Å². The zero-order chi connectivity index (χ0) is 5.21. The summed E-state index contributed by atoms with van der Waals surface area (Å²) in [4.78, 5) is 0. The number of hydrogen-bond acceptors (Lipinski definition) is 0. The summed E-state index contributed by atoms with van der Waals surface area (Å²) in [5.41, 5.74) is 0. The molecule has 0 saturated heterocycles. The van der Waals surface area contributed by atoms with Gasteiger partial charge in [0.25, 0.3) is 0 Å². The molecule has 0 fully saturated rings. The first-order valence-corrected chi connectivity index (χ1v) is 5.24. The van der Waals surface area contributed by atoms with E-state index in [-0.39, 0.29) is 35.9 Å². The van der Waals surface area contributed by atoms with E-state index in [0.717, 1.165) is 2.89 Å². The van der Waals surface area contributed by atoms with Gasteiger partial charge in [0.05, 0.1) is 0 Å². The van der Waals surface area contributed by atoms with Gasteiger partial charge >= 0.3 is 52.2 Å². The Morgan fingerprint density at radius 2 is 1.43 bits per heavy atom. The van der Waals surface area contributed by atoms with E-state index in [1.807, 2.05) is 0 Å². The summed E-state index contributed by atoms with van der Waals surface area (Å²) in [6, 6.07) is 0. The van der Waals surface area contributed by atoms with Crippen LogP contribution in [0.5, 0.6) is 0 Å². The second-order valence-corrected chi connectivity index (χ2v) is 5.90. The van der Waals surface area contributed by atoms with Gasteiger partial charge in [-0.3, -0.25) is 0 Å². The van der Waals surface area contributed by atoms with Gasteiger partial charge in [0.1, 0.15) is 0 Å². The van der Waals surface area contributed by atoms with Crippen molar-refractivity contribution < 1.29 is 38.8 Å². The maximum Gasteiger partial charge on any atom is -1.00 e. The maximum atomic E-state index is 5.55. The SMILES string of the molecule is C[N+](C)(C)[Au][Cl].[Br-]. The molecular formula is C3H9AuBrClN. The number of rotatable bonds is 1.